The molecule has 2 rings (SSSR count). The van der Waals surface area contributed by atoms with E-state index in [4.69, 9.17) is 17.3 Å². The van der Waals surface area contributed by atoms with Gasteiger partial charge in [0.2, 0.25) is 0 Å². The van der Waals surface area contributed by atoms with E-state index in [2.05, 4.69) is 21.2 Å². The molecule has 1 aromatic rings. The largest absolute Gasteiger partial charge is 0.348 e. The number of halogens is 3. The molecule has 0 bridgehead atoms. The lowest BCUT2D eigenvalue weighted by atomic mass is 9.84. The van der Waals surface area contributed by atoms with E-state index in [1.165, 1.54) is 19.3 Å². The molecule has 0 spiro atoms. The molecular weight excluding hydrogens is 375 g/mol. The maximum atomic E-state index is 12.4. The molecule has 1 aliphatic rings. The van der Waals surface area contributed by atoms with E-state index in [0.29, 0.717) is 23.0 Å². The van der Waals surface area contributed by atoms with Crippen LogP contribution in [0.5, 0.6) is 0 Å². The van der Waals surface area contributed by atoms with Crippen LogP contribution in [0.2, 0.25) is 5.02 Å². The first-order valence-electron chi connectivity index (χ1n) is 7.08. The standard InChI is InChI=1S/C15H20BrClN2O.ClH/c16-12-8-4-7-11(14(12)17)15(20)19-13(9-18)10-5-2-1-3-6-10;/h4,7-8,10,13H,1-3,5-6,9,18H2,(H,19,20);1H. The van der Waals surface area contributed by atoms with Crippen LogP contribution in [0.4, 0.5) is 0 Å². The van der Waals surface area contributed by atoms with Gasteiger partial charge in [0.15, 0.2) is 0 Å². The number of rotatable bonds is 4. The smallest absolute Gasteiger partial charge is 0.253 e. The van der Waals surface area contributed by atoms with Crippen LogP contribution in [-0.4, -0.2) is 18.5 Å². The Morgan fingerprint density at radius 3 is 2.67 bits per heavy atom. The van der Waals surface area contributed by atoms with Gasteiger partial charge in [-0.25, -0.2) is 0 Å². The summed E-state index contributed by atoms with van der Waals surface area (Å²) in [5.74, 6) is 0.348. The molecule has 1 aliphatic carbocycles. The average molecular weight is 396 g/mol. The Balaban J connectivity index is 0.00000220. The summed E-state index contributed by atoms with van der Waals surface area (Å²) in [4.78, 5) is 12.4. The van der Waals surface area contributed by atoms with Gasteiger partial charge in [-0.2, -0.15) is 0 Å². The minimum atomic E-state index is -0.141. The SMILES string of the molecule is Cl.NCC(NC(=O)c1cccc(Br)c1Cl)C1CCCCC1. The van der Waals surface area contributed by atoms with Crippen molar-refractivity contribution in [1.29, 1.82) is 0 Å². The Morgan fingerprint density at radius 2 is 2.05 bits per heavy atom. The normalized spacial score (nSPS) is 16.9. The first-order chi connectivity index (χ1) is 9.63. The van der Waals surface area contributed by atoms with E-state index in [0.717, 1.165) is 17.3 Å². The number of hydrogen-bond acceptors (Lipinski definition) is 2. The zero-order valence-corrected chi connectivity index (χ0v) is 14.9. The minimum Gasteiger partial charge on any atom is -0.348 e. The van der Waals surface area contributed by atoms with E-state index in [1.807, 2.05) is 12.1 Å². The molecule has 1 atom stereocenters. The Morgan fingerprint density at radius 1 is 1.38 bits per heavy atom. The number of amides is 1. The Labute approximate surface area is 145 Å². The lowest BCUT2D eigenvalue weighted by Gasteiger charge is -2.30. The van der Waals surface area contributed by atoms with Crippen molar-refractivity contribution in [3.8, 4) is 0 Å². The predicted octanol–water partition coefficient (Wildman–Crippen LogP) is 4.16. The maximum absolute atomic E-state index is 12.4. The Bertz CT molecular complexity index is 479. The van der Waals surface area contributed by atoms with Gasteiger partial charge >= 0.3 is 0 Å². The number of carbonyl (C=O) groups excluding carboxylic acids is 1. The lowest BCUT2D eigenvalue weighted by molar-refractivity contribution is 0.0915. The highest BCUT2D eigenvalue weighted by molar-refractivity contribution is 9.10. The van der Waals surface area contributed by atoms with Crippen molar-refractivity contribution in [3.05, 3.63) is 33.3 Å². The second kappa shape index (κ2) is 8.99. The molecule has 0 aliphatic heterocycles. The fourth-order valence-corrected chi connectivity index (χ4v) is 3.41. The van der Waals surface area contributed by atoms with Gasteiger partial charge in [0.05, 0.1) is 10.6 Å². The molecule has 1 unspecified atom stereocenters. The summed E-state index contributed by atoms with van der Waals surface area (Å²) < 4.78 is 0.730. The van der Waals surface area contributed by atoms with Crippen LogP contribution in [-0.2, 0) is 0 Å². The van der Waals surface area contributed by atoms with Gasteiger partial charge in [-0.05, 0) is 46.8 Å². The molecule has 1 amide bonds. The third-order valence-electron chi connectivity index (χ3n) is 3.99. The molecule has 1 fully saturated rings. The van der Waals surface area contributed by atoms with E-state index in [9.17, 15) is 4.79 Å². The summed E-state index contributed by atoms with van der Waals surface area (Å²) in [6.45, 7) is 0.474. The van der Waals surface area contributed by atoms with Crippen LogP contribution in [0.1, 0.15) is 42.5 Å². The van der Waals surface area contributed by atoms with Crippen molar-refractivity contribution >= 4 is 45.8 Å². The number of hydrogen-bond donors (Lipinski definition) is 2. The number of nitrogens with one attached hydrogen (secondary N) is 1. The Hall–Kier alpha value is -0.290. The Kier molecular flexibility index (Phi) is 8.03. The van der Waals surface area contributed by atoms with Gasteiger partial charge in [0.25, 0.3) is 5.91 Å². The van der Waals surface area contributed by atoms with Crippen LogP contribution in [0.15, 0.2) is 22.7 Å². The van der Waals surface area contributed by atoms with Crippen LogP contribution < -0.4 is 11.1 Å². The van der Waals surface area contributed by atoms with Gasteiger partial charge in [-0.3, -0.25) is 4.79 Å². The van der Waals surface area contributed by atoms with Crippen molar-refractivity contribution in [2.75, 3.05) is 6.54 Å². The van der Waals surface area contributed by atoms with E-state index >= 15 is 0 Å². The molecule has 0 saturated heterocycles. The molecule has 21 heavy (non-hydrogen) atoms. The van der Waals surface area contributed by atoms with Crippen LogP contribution in [0.25, 0.3) is 0 Å². The molecule has 118 valence electrons. The van der Waals surface area contributed by atoms with Crippen molar-refractivity contribution < 1.29 is 4.79 Å². The van der Waals surface area contributed by atoms with Gasteiger partial charge < -0.3 is 11.1 Å². The maximum Gasteiger partial charge on any atom is 0.253 e. The van der Waals surface area contributed by atoms with Crippen LogP contribution >= 0.6 is 39.9 Å². The van der Waals surface area contributed by atoms with Gasteiger partial charge in [0, 0.05) is 17.1 Å². The average Bonchev–Trinajstić information content (AvgIpc) is 2.48. The van der Waals surface area contributed by atoms with E-state index < -0.39 is 0 Å². The first kappa shape index (κ1) is 18.8. The number of nitrogens with two attached hydrogens (primary N) is 1. The first-order valence-corrected chi connectivity index (χ1v) is 8.25. The number of benzene rings is 1. The van der Waals surface area contributed by atoms with Crippen LogP contribution in [0.3, 0.4) is 0 Å². The third-order valence-corrected chi connectivity index (χ3v) is 5.28. The summed E-state index contributed by atoms with van der Waals surface area (Å²) in [5.41, 5.74) is 6.34. The highest BCUT2D eigenvalue weighted by Crippen LogP contribution is 2.28. The molecule has 1 aromatic carbocycles. The van der Waals surface area contributed by atoms with Crippen molar-refractivity contribution in [2.45, 2.75) is 38.1 Å². The molecule has 6 heteroatoms. The predicted molar refractivity (Wildman–Crippen MR) is 93.3 cm³/mol. The summed E-state index contributed by atoms with van der Waals surface area (Å²) >= 11 is 9.50. The van der Waals surface area contributed by atoms with E-state index in [1.54, 1.807) is 6.07 Å². The lowest BCUT2D eigenvalue weighted by Crippen LogP contribution is -2.46. The van der Waals surface area contributed by atoms with Gasteiger partial charge in [-0.1, -0.05) is 36.9 Å². The second-order valence-electron chi connectivity index (χ2n) is 5.32. The third kappa shape index (κ3) is 4.85. The quantitative estimate of drug-likeness (QED) is 0.803. The van der Waals surface area contributed by atoms with Gasteiger partial charge in [0.1, 0.15) is 0 Å². The zero-order valence-electron chi connectivity index (χ0n) is 11.8. The minimum absolute atomic E-state index is 0. The monoisotopic (exact) mass is 394 g/mol. The molecule has 0 heterocycles. The molecule has 3 nitrogen and oxygen atoms in total. The number of carbonyl (C=O) groups is 1. The summed E-state index contributed by atoms with van der Waals surface area (Å²) in [7, 11) is 0. The molecule has 1 saturated carbocycles. The fourth-order valence-electron chi connectivity index (χ4n) is 2.83. The highest BCUT2D eigenvalue weighted by Gasteiger charge is 2.25. The molecule has 0 aromatic heterocycles. The summed E-state index contributed by atoms with van der Waals surface area (Å²) in [6, 6.07) is 5.40. The zero-order chi connectivity index (χ0) is 14.5. The van der Waals surface area contributed by atoms with Crippen molar-refractivity contribution in [1.82, 2.24) is 5.32 Å². The second-order valence-corrected chi connectivity index (χ2v) is 6.55. The summed E-state index contributed by atoms with van der Waals surface area (Å²) in [5, 5.41) is 3.50. The molecule has 3 N–H and O–H groups in total. The van der Waals surface area contributed by atoms with Gasteiger partial charge in [-0.15, -0.1) is 12.4 Å². The van der Waals surface area contributed by atoms with E-state index in [-0.39, 0.29) is 24.4 Å². The fraction of sp³-hybridized carbons (Fsp3) is 0.533. The van der Waals surface area contributed by atoms with Crippen LogP contribution in [0, 0.1) is 5.92 Å². The molecule has 0 radical (unpaired) electrons. The summed E-state index contributed by atoms with van der Waals surface area (Å²) in [6.07, 6.45) is 6.05. The van der Waals surface area contributed by atoms with Crippen molar-refractivity contribution in [3.63, 3.8) is 0 Å². The highest BCUT2D eigenvalue weighted by atomic mass is 79.9. The topological polar surface area (TPSA) is 55.1 Å². The molecular formula is C15H21BrCl2N2O. The van der Waals surface area contributed by atoms with Crippen molar-refractivity contribution in [2.24, 2.45) is 11.7 Å².